The average Bonchev–Trinajstić information content (AvgIpc) is 2.76. The summed E-state index contributed by atoms with van der Waals surface area (Å²) >= 11 is 1.76. The molecule has 84 valence electrons. The maximum Gasteiger partial charge on any atom is 0.153 e. The van der Waals surface area contributed by atoms with E-state index in [1.165, 1.54) is 4.88 Å². The largest absolute Gasteiger partial charge is 0.409 e. The van der Waals surface area contributed by atoms with Crippen LogP contribution in [0.25, 0.3) is 0 Å². The third-order valence-corrected chi connectivity index (χ3v) is 3.15. The van der Waals surface area contributed by atoms with E-state index < -0.39 is 0 Å². The van der Waals surface area contributed by atoms with Gasteiger partial charge in [0.25, 0.3) is 0 Å². The Morgan fingerprint density at radius 3 is 3.00 bits per heavy atom. The number of nitrogens with two attached hydrogens (primary N) is 1. The fourth-order valence-electron chi connectivity index (χ4n) is 1.33. The molecule has 0 aliphatic heterocycles. The molecule has 0 unspecified atom stereocenters. The van der Waals surface area contributed by atoms with E-state index >= 15 is 0 Å². The average molecular weight is 227 g/mol. The highest BCUT2D eigenvalue weighted by Crippen LogP contribution is 2.09. The minimum Gasteiger partial charge on any atom is -0.409 e. The van der Waals surface area contributed by atoms with Gasteiger partial charge in [0.05, 0.1) is 6.54 Å². The number of rotatable bonds is 6. The lowest BCUT2D eigenvalue weighted by Gasteiger charge is -2.18. The van der Waals surface area contributed by atoms with Crippen molar-refractivity contribution in [3.63, 3.8) is 0 Å². The first kappa shape index (κ1) is 12.0. The molecular weight excluding hydrogens is 210 g/mol. The van der Waals surface area contributed by atoms with Crippen molar-refractivity contribution in [2.24, 2.45) is 10.9 Å². The molecule has 0 fully saturated rings. The van der Waals surface area contributed by atoms with Crippen LogP contribution < -0.4 is 5.73 Å². The Hall–Kier alpha value is -1.07. The van der Waals surface area contributed by atoms with Gasteiger partial charge in [-0.15, -0.1) is 11.3 Å². The Kier molecular flexibility index (Phi) is 5.14. The van der Waals surface area contributed by atoms with Gasteiger partial charge in [0.2, 0.25) is 0 Å². The monoisotopic (exact) mass is 227 g/mol. The minimum atomic E-state index is 0.267. The van der Waals surface area contributed by atoms with Gasteiger partial charge in [-0.1, -0.05) is 18.1 Å². The number of thiophene rings is 1. The SMILES string of the molecule is CCN(CCc1cccs1)CC(N)=NO. The van der Waals surface area contributed by atoms with Crippen LogP contribution in [0.2, 0.25) is 0 Å². The molecule has 1 rings (SSSR count). The summed E-state index contributed by atoms with van der Waals surface area (Å²) in [6.07, 6.45) is 1.02. The maximum absolute atomic E-state index is 8.47. The Labute approximate surface area is 94.0 Å². The van der Waals surface area contributed by atoms with Crippen LogP contribution in [0, 0.1) is 0 Å². The number of hydrogen-bond acceptors (Lipinski definition) is 4. The Bertz CT molecular complexity index is 298. The van der Waals surface area contributed by atoms with E-state index in [2.05, 4.69) is 34.5 Å². The van der Waals surface area contributed by atoms with Crippen LogP contribution in [0.4, 0.5) is 0 Å². The molecule has 3 N–H and O–H groups in total. The van der Waals surface area contributed by atoms with Crippen LogP contribution in [-0.2, 0) is 6.42 Å². The van der Waals surface area contributed by atoms with Gasteiger partial charge in [-0.25, -0.2) is 0 Å². The molecule has 0 bridgehead atoms. The topological polar surface area (TPSA) is 61.8 Å². The molecule has 0 atom stereocenters. The third kappa shape index (κ3) is 4.31. The van der Waals surface area contributed by atoms with Gasteiger partial charge in [-0.05, 0) is 24.4 Å². The van der Waals surface area contributed by atoms with Gasteiger partial charge in [0, 0.05) is 11.4 Å². The quantitative estimate of drug-likeness (QED) is 0.334. The molecule has 0 aliphatic carbocycles. The van der Waals surface area contributed by atoms with Gasteiger partial charge < -0.3 is 10.9 Å². The summed E-state index contributed by atoms with van der Waals surface area (Å²) in [6, 6.07) is 4.18. The van der Waals surface area contributed by atoms with Crippen molar-refractivity contribution in [2.45, 2.75) is 13.3 Å². The second-order valence-corrected chi connectivity index (χ2v) is 4.32. The predicted molar refractivity (Wildman–Crippen MR) is 63.5 cm³/mol. The molecule has 1 aromatic heterocycles. The Morgan fingerprint density at radius 1 is 1.67 bits per heavy atom. The maximum atomic E-state index is 8.47. The highest BCUT2D eigenvalue weighted by Gasteiger charge is 2.05. The van der Waals surface area contributed by atoms with Gasteiger partial charge >= 0.3 is 0 Å². The van der Waals surface area contributed by atoms with Crippen LogP contribution in [0.15, 0.2) is 22.7 Å². The molecule has 0 saturated heterocycles. The normalized spacial score (nSPS) is 12.3. The number of likely N-dealkylation sites (N-methyl/N-ethyl adjacent to an activating group) is 1. The molecule has 0 spiro atoms. The number of hydrogen-bond donors (Lipinski definition) is 2. The van der Waals surface area contributed by atoms with E-state index in [0.29, 0.717) is 6.54 Å². The van der Waals surface area contributed by atoms with E-state index in [-0.39, 0.29) is 5.84 Å². The molecule has 0 saturated carbocycles. The van der Waals surface area contributed by atoms with Crippen LogP contribution in [0.3, 0.4) is 0 Å². The van der Waals surface area contributed by atoms with Gasteiger partial charge in [0.1, 0.15) is 0 Å². The lowest BCUT2D eigenvalue weighted by atomic mass is 10.3. The van der Waals surface area contributed by atoms with Crippen molar-refractivity contribution in [2.75, 3.05) is 19.6 Å². The van der Waals surface area contributed by atoms with Gasteiger partial charge in [-0.3, -0.25) is 4.90 Å². The summed E-state index contributed by atoms with van der Waals surface area (Å²) in [5, 5.41) is 13.5. The summed E-state index contributed by atoms with van der Waals surface area (Å²) < 4.78 is 0. The van der Waals surface area contributed by atoms with E-state index in [1.54, 1.807) is 11.3 Å². The number of oxime groups is 1. The molecule has 5 heteroatoms. The zero-order valence-corrected chi connectivity index (χ0v) is 9.70. The Morgan fingerprint density at radius 2 is 2.47 bits per heavy atom. The zero-order valence-electron chi connectivity index (χ0n) is 8.89. The van der Waals surface area contributed by atoms with E-state index in [4.69, 9.17) is 10.9 Å². The lowest BCUT2D eigenvalue weighted by Crippen LogP contribution is -2.35. The van der Waals surface area contributed by atoms with Crippen molar-refractivity contribution in [1.29, 1.82) is 0 Å². The molecule has 4 nitrogen and oxygen atoms in total. The van der Waals surface area contributed by atoms with Crippen LogP contribution in [0.1, 0.15) is 11.8 Å². The molecular formula is C10H17N3OS. The zero-order chi connectivity index (χ0) is 11.1. The van der Waals surface area contributed by atoms with E-state index in [0.717, 1.165) is 19.5 Å². The summed E-state index contributed by atoms with van der Waals surface area (Å²) in [6.45, 7) is 4.44. The molecule has 0 aliphatic rings. The second kappa shape index (κ2) is 6.42. The first-order chi connectivity index (χ1) is 7.26. The molecule has 0 aromatic carbocycles. The van der Waals surface area contributed by atoms with E-state index in [9.17, 15) is 0 Å². The van der Waals surface area contributed by atoms with Gasteiger partial charge in [0.15, 0.2) is 5.84 Å². The first-order valence-corrected chi connectivity index (χ1v) is 5.85. The standard InChI is InChI=1S/C10H17N3OS/c1-2-13(8-10(11)12-14)6-5-9-4-3-7-15-9/h3-4,7,14H,2,5-6,8H2,1H3,(H2,11,12). The highest BCUT2D eigenvalue weighted by molar-refractivity contribution is 7.09. The lowest BCUT2D eigenvalue weighted by molar-refractivity contribution is 0.300. The summed E-state index contributed by atoms with van der Waals surface area (Å²) in [4.78, 5) is 3.52. The fraction of sp³-hybridized carbons (Fsp3) is 0.500. The first-order valence-electron chi connectivity index (χ1n) is 4.97. The molecule has 0 amide bonds. The van der Waals surface area contributed by atoms with Crippen molar-refractivity contribution in [1.82, 2.24) is 4.90 Å². The van der Waals surface area contributed by atoms with Crippen molar-refractivity contribution < 1.29 is 5.21 Å². The fourth-order valence-corrected chi connectivity index (χ4v) is 2.03. The van der Waals surface area contributed by atoms with Crippen molar-refractivity contribution in [3.05, 3.63) is 22.4 Å². The smallest absolute Gasteiger partial charge is 0.153 e. The molecule has 1 heterocycles. The minimum absolute atomic E-state index is 0.267. The molecule has 15 heavy (non-hydrogen) atoms. The third-order valence-electron chi connectivity index (χ3n) is 2.22. The molecule has 1 aromatic rings. The Balaban J connectivity index is 2.34. The van der Waals surface area contributed by atoms with Crippen LogP contribution >= 0.6 is 11.3 Å². The second-order valence-electron chi connectivity index (χ2n) is 3.29. The van der Waals surface area contributed by atoms with Gasteiger partial charge in [-0.2, -0.15) is 0 Å². The van der Waals surface area contributed by atoms with Crippen molar-refractivity contribution >= 4 is 17.2 Å². The van der Waals surface area contributed by atoms with Crippen molar-refractivity contribution in [3.8, 4) is 0 Å². The number of amidine groups is 1. The summed E-state index contributed by atoms with van der Waals surface area (Å²) in [5.41, 5.74) is 5.46. The van der Waals surface area contributed by atoms with Crippen LogP contribution in [-0.4, -0.2) is 35.6 Å². The summed E-state index contributed by atoms with van der Waals surface area (Å²) in [7, 11) is 0. The number of nitrogens with zero attached hydrogens (tertiary/aromatic N) is 2. The summed E-state index contributed by atoms with van der Waals surface area (Å²) in [5.74, 6) is 0.267. The molecule has 0 radical (unpaired) electrons. The van der Waals surface area contributed by atoms with E-state index in [1.807, 2.05) is 0 Å². The predicted octanol–water partition coefficient (Wildman–Crippen LogP) is 1.36. The highest BCUT2D eigenvalue weighted by atomic mass is 32.1. The van der Waals surface area contributed by atoms with Crippen LogP contribution in [0.5, 0.6) is 0 Å².